The molecule has 0 heterocycles. The lowest BCUT2D eigenvalue weighted by molar-refractivity contribution is -0.144. The Labute approximate surface area is 122 Å². The van der Waals surface area contributed by atoms with E-state index >= 15 is 0 Å². The molecule has 1 N–H and O–H groups in total. The second-order valence-corrected chi connectivity index (χ2v) is 5.93. The van der Waals surface area contributed by atoms with Crippen molar-refractivity contribution >= 4 is 28.6 Å². The number of hydrogen-bond donors (Lipinski definition) is 1. The summed E-state index contributed by atoms with van der Waals surface area (Å²) in [4.78, 5) is 11.7. The highest BCUT2D eigenvalue weighted by Gasteiger charge is 2.24. The van der Waals surface area contributed by atoms with E-state index in [1.54, 1.807) is 0 Å². The second-order valence-electron chi connectivity index (χ2n) is 4.68. The molecule has 0 radical (unpaired) electrons. The summed E-state index contributed by atoms with van der Waals surface area (Å²) < 4.78 is 6.03. The molecule has 0 aliphatic carbocycles. The molecule has 0 fully saturated rings. The van der Waals surface area contributed by atoms with Gasteiger partial charge in [-0.1, -0.05) is 26.0 Å². The smallest absolute Gasteiger partial charge is 0.323 e. The predicted molar refractivity (Wildman–Crippen MR) is 81.4 cm³/mol. The highest BCUT2D eigenvalue weighted by Crippen LogP contribution is 2.17. The minimum atomic E-state index is -0.274. The molecule has 1 aromatic carbocycles. The topological polar surface area (TPSA) is 38.3 Å². The zero-order valence-electron chi connectivity index (χ0n) is 11.2. The number of benzene rings is 1. The van der Waals surface area contributed by atoms with E-state index in [-0.39, 0.29) is 24.0 Å². The Hall–Kier alpha value is -0.620. The molecule has 1 rings (SSSR count). The Balaban J connectivity index is 2.75. The molecule has 0 aliphatic heterocycles. The molecule has 18 heavy (non-hydrogen) atoms. The molecule has 0 amide bonds. The van der Waals surface area contributed by atoms with E-state index in [4.69, 9.17) is 4.74 Å². The molecule has 0 bridgehead atoms. The van der Waals surface area contributed by atoms with Gasteiger partial charge in [-0.15, -0.1) is 0 Å². The van der Waals surface area contributed by atoms with Gasteiger partial charge in [0.15, 0.2) is 0 Å². The fraction of sp³-hybridized carbons (Fsp3) is 0.500. The summed E-state index contributed by atoms with van der Waals surface area (Å²) in [6.45, 7) is 6.07. The molecule has 0 aromatic heterocycles. The van der Waals surface area contributed by atoms with Gasteiger partial charge in [-0.05, 0) is 53.1 Å². The summed E-state index contributed by atoms with van der Waals surface area (Å²) in [6.07, 6.45) is 0. The molecule has 0 saturated heterocycles. The molecule has 0 aliphatic rings. The van der Waals surface area contributed by atoms with E-state index in [0.717, 1.165) is 0 Å². The molecule has 0 spiro atoms. The van der Waals surface area contributed by atoms with Gasteiger partial charge in [-0.25, -0.2) is 0 Å². The first-order valence-electron chi connectivity index (χ1n) is 6.05. The first kappa shape index (κ1) is 15.4. The summed E-state index contributed by atoms with van der Waals surface area (Å²) in [5, 5.41) is 3.33. The van der Waals surface area contributed by atoms with Crippen LogP contribution < -0.4 is 5.32 Å². The molecular weight excluding hydrogens is 341 g/mol. The van der Waals surface area contributed by atoms with Crippen LogP contribution in [-0.4, -0.2) is 19.1 Å². The number of rotatable bonds is 5. The van der Waals surface area contributed by atoms with Crippen LogP contribution >= 0.6 is 22.6 Å². The van der Waals surface area contributed by atoms with Crippen LogP contribution in [0, 0.1) is 9.49 Å². The Morgan fingerprint density at radius 2 is 1.78 bits per heavy atom. The molecule has 0 saturated carbocycles. The number of ether oxygens (including phenoxy) is 1. The van der Waals surface area contributed by atoms with E-state index in [0.29, 0.717) is 0 Å². The van der Waals surface area contributed by atoms with Crippen LogP contribution in [0.3, 0.4) is 0 Å². The standard InChI is InChI=1S/C14H20INO2/c1-9(2)13(14(17)18-4)16-10(3)11-5-7-12(15)8-6-11/h5-10,13,16H,1-4H3/t10?,13-/m1/s1. The predicted octanol–water partition coefficient (Wildman–Crippen LogP) is 3.14. The van der Waals surface area contributed by atoms with E-state index in [9.17, 15) is 4.79 Å². The summed E-state index contributed by atoms with van der Waals surface area (Å²) >= 11 is 2.28. The van der Waals surface area contributed by atoms with Crippen LogP contribution in [0.15, 0.2) is 24.3 Å². The number of carbonyl (C=O) groups excluding carboxylic acids is 1. The van der Waals surface area contributed by atoms with E-state index in [1.165, 1.54) is 16.2 Å². The van der Waals surface area contributed by atoms with Crippen molar-refractivity contribution in [1.82, 2.24) is 5.32 Å². The van der Waals surface area contributed by atoms with E-state index < -0.39 is 0 Å². The largest absolute Gasteiger partial charge is 0.468 e. The number of hydrogen-bond acceptors (Lipinski definition) is 3. The van der Waals surface area contributed by atoms with E-state index in [2.05, 4.69) is 59.1 Å². The second kappa shape index (κ2) is 7.09. The van der Waals surface area contributed by atoms with Crippen LogP contribution in [0.1, 0.15) is 32.4 Å². The third-order valence-corrected chi connectivity index (χ3v) is 3.64. The highest BCUT2D eigenvalue weighted by atomic mass is 127. The minimum Gasteiger partial charge on any atom is -0.468 e. The fourth-order valence-corrected chi connectivity index (χ4v) is 2.14. The summed E-state index contributed by atoms with van der Waals surface area (Å²) in [6, 6.07) is 8.13. The molecule has 1 unspecified atom stereocenters. The van der Waals surface area contributed by atoms with Crippen LogP contribution in [0.2, 0.25) is 0 Å². The van der Waals surface area contributed by atoms with Gasteiger partial charge in [0.1, 0.15) is 6.04 Å². The molecular formula is C14H20INO2. The van der Waals surface area contributed by atoms with Crippen molar-refractivity contribution in [3.8, 4) is 0 Å². The summed E-state index contributed by atoms with van der Waals surface area (Å²) in [5.41, 5.74) is 1.17. The number of nitrogens with one attached hydrogen (secondary N) is 1. The van der Waals surface area contributed by atoms with Gasteiger partial charge in [0.05, 0.1) is 7.11 Å². The number of carbonyl (C=O) groups is 1. The third-order valence-electron chi connectivity index (χ3n) is 2.92. The highest BCUT2D eigenvalue weighted by molar-refractivity contribution is 14.1. The normalized spacial score (nSPS) is 14.3. The minimum absolute atomic E-state index is 0.119. The lowest BCUT2D eigenvalue weighted by atomic mass is 10.0. The average molecular weight is 361 g/mol. The van der Waals surface area contributed by atoms with Crippen LogP contribution in [0.4, 0.5) is 0 Å². The number of esters is 1. The van der Waals surface area contributed by atoms with Crippen molar-refractivity contribution in [2.75, 3.05) is 7.11 Å². The zero-order valence-corrected chi connectivity index (χ0v) is 13.4. The van der Waals surface area contributed by atoms with Gasteiger partial charge in [0, 0.05) is 9.61 Å². The lowest BCUT2D eigenvalue weighted by Gasteiger charge is -2.24. The van der Waals surface area contributed by atoms with Crippen molar-refractivity contribution in [2.45, 2.75) is 32.9 Å². The van der Waals surface area contributed by atoms with Gasteiger partial charge >= 0.3 is 5.97 Å². The van der Waals surface area contributed by atoms with Gasteiger partial charge < -0.3 is 4.74 Å². The average Bonchev–Trinajstić information content (AvgIpc) is 2.35. The molecule has 2 atom stereocenters. The van der Waals surface area contributed by atoms with Crippen LogP contribution in [0.25, 0.3) is 0 Å². The summed E-state index contributed by atoms with van der Waals surface area (Å²) in [5.74, 6) is -0.00823. The molecule has 3 nitrogen and oxygen atoms in total. The van der Waals surface area contributed by atoms with Crippen molar-refractivity contribution < 1.29 is 9.53 Å². The van der Waals surface area contributed by atoms with Crippen LogP contribution in [-0.2, 0) is 9.53 Å². The van der Waals surface area contributed by atoms with Gasteiger partial charge in [-0.2, -0.15) is 0 Å². The van der Waals surface area contributed by atoms with Gasteiger partial charge in [0.25, 0.3) is 0 Å². The zero-order chi connectivity index (χ0) is 13.7. The van der Waals surface area contributed by atoms with Crippen LogP contribution in [0.5, 0.6) is 0 Å². The number of methoxy groups -OCH3 is 1. The molecule has 100 valence electrons. The Bertz CT molecular complexity index is 389. The Morgan fingerprint density at radius 3 is 2.22 bits per heavy atom. The first-order chi connectivity index (χ1) is 8.45. The number of halogens is 1. The van der Waals surface area contributed by atoms with Crippen molar-refractivity contribution in [3.05, 3.63) is 33.4 Å². The van der Waals surface area contributed by atoms with Gasteiger partial charge in [0.2, 0.25) is 0 Å². The lowest BCUT2D eigenvalue weighted by Crippen LogP contribution is -2.42. The van der Waals surface area contributed by atoms with E-state index in [1.807, 2.05) is 13.8 Å². The van der Waals surface area contributed by atoms with Crippen molar-refractivity contribution in [3.63, 3.8) is 0 Å². The molecule has 1 aromatic rings. The maximum atomic E-state index is 11.7. The fourth-order valence-electron chi connectivity index (χ4n) is 1.78. The SMILES string of the molecule is COC(=O)[C@H](NC(C)c1ccc(I)cc1)C(C)C. The summed E-state index contributed by atoms with van der Waals surface area (Å²) in [7, 11) is 1.43. The third kappa shape index (κ3) is 4.24. The monoisotopic (exact) mass is 361 g/mol. The maximum absolute atomic E-state index is 11.7. The Morgan fingerprint density at radius 1 is 1.22 bits per heavy atom. The quantitative estimate of drug-likeness (QED) is 0.647. The first-order valence-corrected chi connectivity index (χ1v) is 7.13. The van der Waals surface area contributed by atoms with Crippen molar-refractivity contribution in [1.29, 1.82) is 0 Å². The molecule has 4 heteroatoms. The maximum Gasteiger partial charge on any atom is 0.323 e. The van der Waals surface area contributed by atoms with Gasteiger partial charge in [-0.3, -0.25) is 10.1 Å². The van der Waals surface area contributed by atoms with Crippen molar-refractivity contribution in [2.24, 2.45) is 5.92 Å². The Kier molecular flexibility index (Phi) is 6.08.